The first-order valence-electron chi connectivity index (χ1n) is 13.4. The van der Waals surface area contributed by atoms with Gasteiger partial charge in [0.25, 0.3) is 0 Å². The van der Waals surface area contributed by atoms with Gasteiger partial charge in [0.2, 0.25) is 0 Å². The van der Waals surface area contributed by atoms with Crippen molar-refractivity contribution in [1.29, 1.82) is 0 Å². The van der Waals surface area contributed by atoms with Gasteiger partial charge < -0.3 is 16.6 Å². The minimum Gasteiger partial charge on any atom is -0.518 e. The van der Waals surface area contributed by atoms with Crippen LogP contribution in [-0.4, -0.2) is 28.2 Å². The minimum absolute atomic E-state index is 0. The van der Waals surface area contributed by atoms with Crippen LogP contribution in [0.5, 0.6) is 0 Å². The summed E-state index contributed by atoms with van der Waals surface area (Å²) < 4.78 is 0. The Kier molecular flexibility index (Phi) is 33.0. The van der Waals surface area contributed by atoms with Gasteiger partial charge in [-0.3, -0.25) is 6.08 Å². The third-order valence-corrected chi connectivity index (χ3v) is 5.81. The Hall–Kier alpha value is -0.107. The van der Waals surface area contributed by atoms with Gasteiger partial charge in [-0.15, -0.1) is 0 Å². The van der Waals surface area contributed by atoms with Crippen LogP contribution in [0.4, 0.5) is 4.79 Å². The largest absolute Gasteiger partial charge is 3.00 e. The molecule has 2 saturated carbocycles. The van der Waals surface area contributed by atoms with Crippen molar-refractivity contribution in [3.05, 3.63) is 12.7 Å². The SMILES string of the molecule is C1CCCC1.C1CCCC1.CC(C)N(C(=O)O)C(C)C.[CH-]=CCCCCCCCCC.[Zr+3]. The van der Waals surface area contributed by atoms with E-state index in [0.29, 0.717) is 0 Å². The predicted octanol–water partition coefficient (Wildman–Crippen LogP) is 9.80. The van der Waals surface area contributed by atoms with Crippen molar-refractivity contribution in [2.45, 2.75) is 162 Å². The Balaban J connectivity index is -0.000000364. The van der Waals surface area contributed by atoms with Gasteiger partial charge in [-0.25, -0.2) is 4.79 Å². The van der Waals surface area contributed by atoms with Crippen molar-refractivity contribution in [2.24, 2.45) is 0 Å². The zero-order valence-electron chi connectivity index (χ0n) is 22.3. The topological polar surface area (TPSA) is 40.5 Å². The van der Waals surface area contributed by atoms with Crippen LogP contribution in [0.2, 0.25) is 0 Å². The van der Waals surface area contributed by atoms with E-state index in [-0.39, 0.29) is 38.3 Å². The molecule has 2 aliphatic rings. The fourth-order valence-electron chi connectivity index (χ4n) is 4.03. The van der Waals surface area contributed by atoms with Crippen LogP contribution < -0.4 is 0 Å². The van der Waals surface area contributed by atoms with Crippen LogP contribution in [0.25, 0.3) is 0 Å². The van der Waals surface area contributed by atoms with E-state index in [2.05, 4.69) is 6.92 Å². The van der Waals surface area contributed by atoms with Crippen molar-refractivity contribution >= 4 is 6.09 Å². The minimum atomic E-state index is -0.843. The molecular formula is C28H56NO2Zr+2. The van der Waals surface area contributed by atoms with E-state index < -0.39 is 6.09 Å². The number of allylic oxidation sites excluding steroid dienone is 1. The molecule has 187 valence electrons. The molecule has 0 heterocycles. The monoisotopic (exact) mass is 528 g/mol. The summed E-state index contributed by atoms with van der Waals surface area (Å²) >= 11 is 0. The van der Waals surface area contributed by atoms with Gasteiger partial charge in [0.05, 0.1) is 0 Å². The van der Waals surface area contributed by atoms with E-state index in [1.807, 2.05) is 27.7 Å². The maximum absolute atomic E-state index is 10.5. The van der Waals surface area contributed by atoms with E-state index in [1.54, 1.807) is 6.08 Å². The van der Waals surface area contributed by atoms with Crippen molar-refractivity contribution in [2.75, 3.05) is 0 Å². The molecule has 2 rings (SSSR count). The molecular weight excluding hydrogens is 474 g/mol. The number of nitrogens with zero attached hydrogens (tertiary/aromatic N) is 1. The molecule has 2 aliphatic carbocycles. The first-order chi connectivity index (χ1) is 14.9. The smallest absolute Gasteiger partial charge is 0.518 e. The first-order valence-corrected chi connectivity index (χ1v) is 13.4. The molecule has 2 fully saturated rings. The second-order valence-electron chi connectivity index (χ2n) is 9.56. The molecule has 1 N–H and O–H groups in total. The summed E-state index contributed by atoms with van der Waals surface area (Å²) in [6, 6.07) is 0.134. The molecule has 0 aliphatic heterocycles. The Morgan fingerprint density at radius 2 is 1.06 bits per heavy atom. The van der Waals surface area contributed by atoms with Gasteiger partial charge >= 0.3 is 32.3 Å². The Morgan fingerprint density at radius 3 is 1.28 bits per heavy atom. The van der Waals surface area contributed by atoms with Crippen molar-refractivity contribution in [3.8, 4) is 0 Å². The zero-order valence-corrected chi connectivity index (χ0v) is 24.8. The van der Waals surface area contributed by atoms with Crippen LogP contribution in [0.15, 0.2) is 6.08 Å². The van der Waals surface area contributed by atoms with E-state index in [0.717, 1.165) is 6.42 Å². The predicted molar refractivity (Wildman–Crippen MR) is 138 cm³/mol. The Morgan fingerprint density at radius 1 is 0.750 bits per heavy atom. The summed E-state index contributed by atoms with van der Waals surface area (Å²) in [6.45, 7) is 15.0. The molecule has 0 aromatic heterocycles. The van der Waals surface area contributed by atoms with Crippen LogP contribution in [0.1, 0.15) is 150 Å². The fourth-order valence-corrected chi connectivity index (χ4v) is 4.03. The van der Waals surface area contributed by atoms with Crippen LogP contribution >= 0.6 is 0 Å². The zero-order chi connectivity index (χ0) is 23.7. The number of carboxylic acid groups (broad SMARTS) is 1. The molecule has 32 heavy (non-hydrogen) atoms. The molecule has 0 atom stereocenters. The van der Waals surface area contributed by atoms with Crippen molar-refractivity contribution in [3.63, 3.8) is 0 Å². The second-order valence-corrected chi connectivity index (χ2v) is 9.56. The first kappa shape index (κ1) is 36.5. The van der Waals surface area contributed by atoms with Gasteiger partial charge in [0, 0.05) is 12.1 Å². The number of hydrogen-bond donors (Lipinski definition) is 1. The maximum atomic E-state index is 10.5. The van der Waals surface area contributed by atoms with Crippen LogP contribution in [0, 0.1) is 6.58 Å². The summed E-state index contributed by atoms with van der Waals surface area (Å²) in [5.41, 5.74) is 0. The fraction of sp³-hybridized carbons (Fsp3) is 0.893. The quantitative estimate of drug-likeness (QED) is 0.226. The van der Waals surface area contributed by atoms with E-state index >= 15 is 0 Å². The average molecular weight is 530 g/mol. The molecule has 4 heteroatoms. The summed E-state index contributed by atoms with van der Waals surface area (Å²) in [6.07, 6.45) is 26.6. The summed E-state index contributed by atoms with van der Waals surface area (Å²) in [4.78, 5) is 11.9. The van der Waals surface area contributed by atoms with Gasteiger partial charge in [-0.1, -0.05) is 122 Å². The van der Waals surface area contributed by atoms with Gasteiger partial charge in [0.1, 0.15) is 0 Å². The maximum Gasteiger partial charge on any atom is 3.00 e. The standard InChI is InChI=1S/C11H21.C7H15NO2.2C5H10.Zr/c1-3-5-7-9-11-10-8-6-4-2;1-5(2)8(6(3)4)7(9)10;2*1-2-4-5-3-1;/h1,3H,4-11H2,2H3;5-6H,1-4H3,(H,9,10);2*1-5H2;/q-1;;;;+3. The second kappa shape index (κ2) is 28.9. The van der Waals surface area contributed by atoms with E-state index in [4.69, 9.17) is 11.7 Å². The molecule has 1 amide bonds. The number of amides is 1. The summed E-state index contributed by atoms with van der Waals surface area (Å²) in [5.74, 6) is 0. The van der Waals surface area contributed by atoms with Crippen molar-refractivity contribution < 1.29 is 36.1 Å². The molecule has 1 radical (unpaired) electrons. The molecule has 0 spiro atoms. The van der Waals surface area contributed by atoms with Gasteiger partial charge in [0.15, 0.2) is 0 Å². The normalized spacial score (nSPS) is 14.2. The third kappa shape index (κ3) is 27.9. The van der Waals surface area contributed by atoms with Crippen LogP contribution in [0.3, 0.4) is 0 Å². The van der Waals surface area contributed by atoms with Gasteiger partial charge in [-0.2, -0.15) is 0 Å². The number of hydrogen-bond acceptors (Lipinski definition) is 1. The summed E-state index contributed by atoms with van der Waals surface area (Å²) in [5, 5.41) is 8.64. The third-order valence-electron chi connectivity index (χ3n) is 5.81. The molecule has 3 nitrogen and oxygen atoms in total. The molecule has 0 aromatic carbocycles. The molecule has 0 bridgehead atoms. The Labute approximate surface area is 221 Å². The molecule has 0 aromatic rings. The number of unbranched alkanes of at least 4 members (excludes halogenated alkanes) is 7. The molecule has 0 saturated heterocycles. The van der Waals surface area contributed by atoms with E-state index in [9.17, 15) is 4.79 Å². The van der Waals surface area contributed by atoms with E-state index in [1.165, 1.54) is 114 Å². The molecule has 0 unspecified atom stereocenters. The summed E-state index contributed by atoms with van der Waals surface area (Å²) in [7, 11) is 0. The van der Waals surface area contributed by atoms with Gasteiger partial charge in [-0.05, 0) is 27.7 Å². The Bertz CT molecular complexity index is 344. The average Bonchev–Trinajstić information content (AvgIpc) is 3.45. The van der Waals surface area contributed by atoms with Crippen molar-refractivity contribution in [1.82, 2.24) is 4.90 Å². The number of carbonyl (C=O) groups is 1. The van der Waals surface area contributed by atoms with Crippen LogP contribution in [-0.2, 0) is 26.2 Å². The number of rotatable bonds is 10.